The fourth-order valence-electron chi connectivity index (χ4n) is 2.46. The molecule has 1 N–H and O–H groups in total. The number of aryl methyl sites for hydroxylation is 1. The van der Waals surface area contributed by atoms with Crippen molar-refractivity contribution in [3.8, 4) is 0 Å². The minimum atomic E-state index is -3.39. The SMILES string of the molecule is Cc1cc(N(C)C)cc([C@H]2CN(C(=O)CNS(C)(=O)=O)CCO2)n1. The summed E-state index contributed by atoms with van der Waals surface area (Å²) in [4.78, 5) is 20.3. The first-order valence-electron chi connectivity index (χ1n) is 7.65. The van der Waals surface area contributed by atoms with Gasteiger partial charge in [-0.25, -0.2) is 13.1 Å². The summed E-state index contributed by atoms with van der Waals surface area (Å²) in [5.74, 6) is -0.269. The second-order valence-electron chi connectivity index (χ2n) is 6.08. The van der Waals surface area contributed by atoms with Crippen LogP contribution in [0.4, 0.5) is 5.69 Å². The maximum atomic E-state index is 12.2. The number of morpholine rings is 1. The molecule has 0 saturated carbocycles. The molecule has 0 spiro atoms. The van der Waals surface area contributed by atoms with Gasteiger partial charge in [0.25, 0.3) is 0 Å². The van der Waals surface area contributed by atoms with E-state index in [9.17, 15) is 13.2 Å². The monoisotopic (exact) mass is 356 g/mol. The van der Waals surface area contributed by atoms with E-state index in [4.69, 9.17) is 4.74 Å². The molecule has 2 rings (SSSR count). The van der Waals surface area contributed by atoms with Crippen molar-refractivity contribution in [2.45, 2.75) is 13.0 Å². The van der Waals surface area contributed by atoms with E-state index in [2.05, 4.69) is 9.71 Å². The molecule has 2 heterocycles. The van der Waals surface area contributed by atoms with Crippen LogP contribution in [0.15, 0.2) is 12.1 Å². The van der Waals surface area contributed by atoms with E-state index in [1.807, 2.05) is 38.1 Å². The molecule has 1 atom stereocenters. The highest BCUT2D eigenvalue weighted by atomic mass is 32.2. The Morgan fingerprint density at radius 3 is 2.79 bits per heavy atom. The zero-order chi connectivity index (χ0) is 17.9. The Balaban J connectivity index is 2.09. The minimum Gasteiger partial charge on any atom is -0.378 e. The van der Waals surface area contributed by atoms with Gasteiger partial charge < -0.3 is 14.5 Å². The first-order chi connectivity index (χ1) is 11.2. The van der Waals surface area contributed by atoms with E-state index in [-0.39, 0.29) is 18.6 Å². The number of sulfonamides is 1. The molecule has 0 bridgehead atoms. The maximum Gasteiger partial charge on any atom is 0.237 e. The fourth-order valence-corrected chi connectivity index (χ4v) is 2.84. The number of ether oxygens (including phenoxy) is 1. The molecule has 0 aromatic carbocycles. The van der Waals surface area contributed by atoms with Crippen molar-refractivity contribution in [3.63, 3.8) is 0 Å². The van der Waals surface area contributed by atoms with Crippen molar-refractivity contribution in [3.05, 3.63) is 23.5 Å². The summed E-state index contributed by atoms with van der Waals surface area (Å²) >= 11 is 0. The molecular formula is C15H24N4O4S. The first kappa shape index (κ1) is 18.6. The quantitative estimate of drug-likeness (QED) is 0.792. The Kier molecular flexibility index (Phi) is 5.79. The average Bonchev–Trinajstić information content (AvgIpc) is 2.51. The van der Waals surface area contributed by atoms with Crippen LogP contribution >= 0.6 is 0 Å². The third kappa shape index (κ3) is 5.15. The van der Waals surface area contributed by atoms with E-state index in [1.54, 1.807) is 4.90 Å². The number of carbonyl (C=O) groups is 1. The Morgan fingerprint density at radius 1 is 1.46 bits per heavy atom. The number of pyridine rings is 1. The number of hydrogen-bond donors (Lipinski definition) is 1. The zero-order valence-corrected chi connectivity index (χ0v) is 15.3. The third-order valence-corrected chi connectivity index (χ3v) is 4.38. The summed E-state index contributed by atoms with van der Waals surface area (Å²) in [6.07, 6.45) is 0.710. The van der Waals surface area contributed by atoms with Crippen molar-refractivity contribution in [2.24, 2.45) is 0 Å². The number of rotatable bonds is 5. The van der Waals surface area contributed by atoms with Crippen molar-refractivity contribution < 1.29 is 17.9 Å². The molecule has 1 fully saturated rings. The van der Waals surface area contributed by atoms with Gasteiger partial charge in [0.2, 0.25) is 15.9 Å². The van der Waals surface area contributed by atoms with Gasteiger partial charge in [-0.2, -0.15) is 0 Å². The lowest BCUT2D eigenvalue weighted by atomic mass is 10.1. The normalized spacial score (nSPS) is 18.5. The van der Waals surface area contributed by atoms with Gasteiger partial charge in [0.05, 0.1) is 31.6 Å². The highest BCUT2D eigenvalue weighted by molar-refractivity contribution is 7.88. The summed E-state index contributed by atoms with van der Waals surface area (Å²) in [5.41, 5.74) is 2.66. The third-order valence-electron chi connectivity index (χ3n) is 3.71. The van der Waals surface area contributed by atoms with Crippen LogP contribution in [0.25, 0.3) is 0 Å². The Labute approximate surface area is 142 Å². The zero-order valence-electron chi connectivity index (χ0n) is 14.4. The standard InChI is InChI=1S/C15H24N4O4S/c1-11-7-12(18(2)3)8-13(17-11)14-10-19(5-6-23-14)15(20)9-16-24(4,21)22/h7-8,14,16H,5-6,9-10H2,1-4H3/t14-/m1/s1. The summed E-state index contributed by atoms with van der Waals surface area (Å²) < 4.78 is 30.2. The van der Waals surface area contributed by atoms with Crippen LogP contribution in [-0.2, 0) is 19.6 Å². The molecule has 8 nitrogen and oxygen atoms in total. The Hall–Kier alpha value is -1.71. The summed E-state index contributed by atoms with van der Waals surface area (Å²) in [7, 11) is 0.512. The Bertz CT molecular complexity index is 705. The number of nitrogens with zero attached hydrogens (tertiary/aromatic N) is 3. The van der Waals surface area contributed by atoms with Gasteiger partial charge >= 0.3 is 0 Å². The van der Waals surface area contributed by atoms with Gasteiger partial charge in [0, 0.05) is 32.0 Å². The van der Waals surface area contributed by atoms with Crippen molar-refractivity contribution >= 4 is 21.6 Å². The topological polar surface area (TPSA) is 91.8 Å². The molecule has 1 amide bonds. The van der Waals surface area contributed by atoms with E-state index < -0.39 is 10.0 Å². The maximum absolute atomic E-state index is 12.2. The number of carbonyl (C=O) groups excluding carboxylic acids is 1. The second-order valence-corrected chi connectivity index (χ2v) is 7.91. The molecule has 9 heteroatoms. The fraction of sp³-hybridized carbons (Fsp3) is 0.600. The number of aromatic nitrogens is 1. The highest BCUT2D eigenvalue weighted by Crippen LogP contribution is 2.24. The molecule has 0 radical (unpaired) electrons. The Morgan fingerprint density at radius 2 is 2.17 bits per heavy atom. The van der Waals surface area contributed by atoms with Gasteiger partial charge in [-0.15, -0.1) is 0 Å². The van der Waals surface area contributed by atoms with Gasteiger partial charge in [-0.3, -0.25) is 9.78 Å². The summed E-state index contributed by atoms with van der Waals surface area (Å²) in [5, 5.41) is 0. The van der Waals surface area contributed by atoms with E-state index in [1.165, 1.54) is 0 Å². The minimum absolute atomic E-state index is 0.240. The van der Waals surface area contributed by atoms with E-state index in [0.717, 1.165) is 23.3 Å². The molecule has 0 aliphatic carbocycles. The van der Waals surface area contributed by atoms with Gasteiger partial charge in [0.1, 0.15) is 6.10 Å². The largest absolute Gasteiger partial charge is 0.378 e. The van der Waals surface area contributed by atoms with E-state index in [0.29, 0.717) is 19.7 Å². The molecular weight excluding hydrogens is 332 g/mol. The number of nitrogens with one attached hydrogen (secondary N) is 1. The lowest BCUT2D eigenvalue weighted by Crippen LogP contribution is -2.46. The number of anilines is 1. The lowest BCUT2D eigenvalue weighted by Gasteiger charge is -2.33. The van der Waals surface area contributed by atoms with Crippen LogP contribution in [0.3, 0.4) is 0 Å². The van der Waals surface area contributed by atoms with Crippen LogP contribution in [0.5, 0.6) is 0 Å². The predicted molar refractivity (Wildman–Crippen MR) is 91.4 cm³/mol. The number of hydrogen-bond acceptors (Lipinski definition) is 6. The summed E-state index contributed by atoms with van der Waals surface area (Å²) in [6, 6.07) is 3.92. The molecule has 0 unspecified atom stereocenters. The van der Waals surface area contributed by atoms with Crippen molar-refractivity contribution in [2.75, 3.05) is 51.5 Å². The first-order valence-corrected chi connectivity index (χ1v) is 9.55. The molecule has 1 aliphatic rings. The van der Waals surface area contributed by atoms with Crippen molar-refractivity contribution in [1.29, 1.82) is 0 Å². The molecule has 1 aliphatic heterocycles. The van der Waals surface area contributed by atoms with E-state index >= 15 is 0 Å². The van der Waals surface area contributed by atoms with Crippen LogP contribution in [0, 0.1) is 6.92 Å². The summed E-state index contributed by atoms with van der Waals surface area (Å²) in [6.45, 7) is 2.86. The smallest absolute Gasteiger partial charge is 0.237 e. The average molecular weight is 356 g/mol. The van der Waals surface area contributed by atoms with Gasteiger partial charge in [-0.1, -0.05) is 0 Å². The second kappa shape index (κ2) is 7.45. The van der Waals surface area contributed by atoms with Crippen molar-refractivity contribution in [1.82, 2.24) is 14.6 Å². The number of amides is 1. The van der Waals surface area contributed by atoms with Gasteiger partial charge in [-0.05, 0) is 19.1 Å². The lowest BCUT2D eigenvalue weighted by molar-refractivity contribution is -0.137. The molecule has 1 saturated heterocycles. The predicted octanol–water partition coefficient (Wildman–Crippen LogP) is -0.0949. The van der Waals surface area contributed by atoms with Crippen LogP contribution in [0.1, 0.15) is 17.5 Å². The van der Waals surface area contributed by atoms with Crippen LogP contribution in [-0.4, -0.2) is 70.8 Å². The molecule has 134 valence electrons. The van der Waals surface area contributed by atoms with Gasteiger partial charge in [0.15, 0.2) is 0 Å². The molecule has 1 aromatic heterocycles. The molecule has 24 heavy (non-hydrogen) atoms. The van der Waals surface area contributed by atoms with Crippen LogP contribution in [0.2, 0.25) is 0 Å². The van der Waals surface area contributed by atoms with Crippen LogP contribution < -0.4 is 9.62 Å². The molecule has 1 aromatic rings. The highest BCUT2D eigenvalue weighted by Gasteiger charge is 2.27.